The second-order valence-corrected chi connectivity index (χ2v) is 7.16. The topological polar surface area (TPSA) is 55.1 Å². The van der Waals surface area contributed by atoms with Crippen molar-refractivity contribution in [3.05, 3.63) is 88.9 Å². The largest absolute Gasteiger partial charge is 0.431 e. The van der Waals surface area contributed by atoms with Gasteiger partial charge in [0.25, 0.3) is 11.1 Å². The molecule has 0 saturated carbocycles. The van der Waals surface area contributed by atoms with E-state index < -0.39 is 0 Å². The maximum atomic E-state index is 12.7. The molecule has 1 heterocycles. The first-order valence-electron chi connectivity index (χ1n) is 8.33. The summed E-state index contributed by atoms with van der Waals surface area (Å²) >= 11 is 7.59. The molecule has 0 radical (unpaired) electrons. The van der Waals surface area contributed by atoms with Crippen LogP contribution in [0.25, 0.3) is 11.1 Å². The third-order valence-corrected chi connectivity index (χ3v) is 5.22. The number of hydrogen-bond acceptors (Lipinski definition) is 4. The first-order chi connectivity index (χ1) is 13.2. The molecule has 1 amide bonds. The van der Waals surface area contributed by atoms with E-state index >= 15 is 0 Å². The van der Waals surface area contributed by atoms with Gasteiger partial charge in [0, 0.05) is 11.3 Å². The number of oxazole rings is 1. The van der Waals surface area contributed by atoms with Crippen LogP contribution in [0, 0.1) is 0 Å². The second kappa shape index (κ2) is 7.86. The van der Waals surface area contributed by atoms with Gasteiger partial charge in [-0.3, -0.25) is 4.79 Å². The third kappa shape index (κ3) is 3.99. The molecular weight excluding hydrogens is 380 g/mol. The molecule has 4 nitrogen and oxygen atoms in total. The molecule has 0 aliphatic carbocycles. The van der Waals surface area contributed by atoms with Crippen molar-refractivity contribution < 1.29 is 9.21 Å². The molecule has 1 N–H and O–H groups in total. The molecular formula is C21H15ClN2O2S. The molecule has 3 aromatic carbocycles. The van der Waals surface area contributed by atoms with E-state index in [-0.39, 0.29) is 5.91 Å². The summed E-state index contributed by atoms with van der Waals surface area (Å²) in [5.74, 6) is 0.371. The molecule has 6 heteroatoms. The lowest BCUT2D eigenvalue weighted by molar-refractivity contribution is 0.102. The average Bonchev–Trinajstić information content (AvgIpc) is 3.11. The Kier molecular flexibility index (Phi) is 5.14. The molecule has 134 valence electrons. The number of thioether (sulfide) groups is 1. The van der Waals surface area contributed by atoms with Crippen LogP contribution in [0.1, 0.15) is 15.9 Å². The molecule has 0 bridgehead atoms. The number of nitrogens with one attached hydrogen (secondary N) is 1. The highest BCUT2D eigenvalue weighted by Crippen LogP contribution is 2.28. The highest BCUT2D eigenvalue weighted by Gasteiger charge is 2.14. The van der Waals surface area contributed by atoms with Gasteiger partial charge in [0.1, 0.15) is 5.52 Å². The summed E-state index contributed by atoms with van der Waals surface area (Å²) < 4.78 is 5.74. The number of fused-ring (bicyclic) bond motifs is 1. The van der Waals surface area contributed by atoms with Gasteiger partial charge in [-0.2, -0.15) is 0 Å². The van der Waals surface area contributed by atoms with Crippen LogP contribution in [0.15, 0.2) is 82.4 Å². The quantitative estimate of drug-likeness (QED) is 0.420. The minimum atomic E-state index is -0.197. The summed E-state index contributed by atoms with van der Waals surface area (Å²) in [6.07, 6.45) is 0. The standard InChI is InChI=1S/C21H15ClN2O2S/c22-16-9-3-4-10-17(16)23-20(25)15-8-2-1-7-14(15)13-27-21-24-18-11-5-6-12-19(18)26-21/h1-12H,13H2,(H,23,25). The van der Waals surface area contributed by atoms with Crippen molar-refractivity contribution in [1.82, 2.24) is 4.98 Å². The fourth-order valence-electron chi connectivity index (χ4n) is 2.67. The number of benzene rings is 3. The van der Waals surface area contributed by atoms with Crippen LogP contribution in [0.4, 0.5) is 5.69 Å². The lowest BCUT2D eigenvalue weighted by atomic mass is 10.1. The zero-order valence-electron chi connectivity index (χ0n) is 14.2. The smallest absolute Gasteiger partial charge is 0.257 e. The Morgan fingerprint density at radius 2 is 1.74 bits per heavy atom. The van der Waals surface area contributed by atoms with Gasteiger partial charge in [0.05, 0.1) is 10.7 Å². The number of halogens is 1. The average molecular weight is 395 g/mol. The number of amides is 1. The zero-order valence-corrected chi connectivity index (χ0v) is 15.8. The predicted octanol–water partition coefficient (Wildman–Crippen LogP) is 6.03. The van der Waals surface area contributed by atoms with Crippen LogP contribution >= 0.6 is 23.4 Å². The maximum absolute atomic E-state index is 12.7. The molecule has 0 saturated heterocycles. The van der Waals surface area contributed by atoms with E-state index in [1.54, 1.807) is 18.2 Å². The highest BCUT2D eigenvalue weighted by molar-refractivity contribution is 7.98. The first kappa shape index (κ1) is 17.6. The van der Waals surface area contributed by atoms with Crippen LogP contribution in [-0.2, 0) is 5.75 Å². The normalized spacial score (nSPS) is 10.9. The lowest BCUT2D eigenvalue weighted by Crippen LogP contribution is -2.14. The van der Waals surface area contributed by atoms with E-state index in [9.17, 15) is 4.79 Å². The first-order valence-corrected chi connectivity index (χ1v) is 9.69. The van der Waals surface area contributed by atoms with Crippen LogP contribution in [0.5, 0.6) is 0 Å². The summed E-state index contributed by atoms with van der Waals surface area (Å²) in [5, 5.41) is 3.95. The Labute approximate surface area is 165 Å². The monoisotopic (exact) mass is 394 g/mol. The van der Waals surface area contributed by atoms with Gasteiger partial charge in [0.15, 0.2) is 5.58 Å². The SMILES string of the molecule is O=C(Nc1ccccc1Cl)c1ccccc1CSc1nc2ccccc2o1. The molecule has 1 aromatic heterocycles. The van der Waals surface area contributed by atoms with Crippen molar-refractivity contribution >= 4 is 46.1 Å². The number of para-hydroxylation sites is 3. The van der Waals surface area contributed by atoms with Gasteiger partial charge < -0.3 is 9.73 Å². The molecule has 27 heavy (non-hydrogen) atoms. The number of carbonyl (C=O) groups is 1. The lowest BCUT2D eigenvalue weighted by Gasteiger charge is -2.10. The van der Waals surface area contributed by atoms with Crippen molar-refractivity contribution in [2.45, 2.75) is 11.0 Å². The Morgan fingerprint density at radius 3 is 2.59 bits per heavy atom. The Bertz CT molecular complexity index is 1080. The number of hydrogen-bond donors (Lipinski definition) is 1. The molecule has 0 unspecified atom stereocenters. The van der Waals surface area contributed by atoms with Crippen LogP contribution in [0.3, 0.4) is 0 Å². The molecule has 0 atom stereocenters. The van der Waals surface area contributed by atoms with E-state index in [1.165, 1.54) is 11.8 Å². The molecule has 4 aromatic rings. The van der Waals surface area contributed by atoms with E-state index in [0.29, 0.717) is 27.2 Å². The van der Waals surface area contributed by atoms with Crippen LogP contribution < -0.4 is 5.32 Å². The number of anilines is 1. The van der Waals surface area contributed by atoms with Gasteiger partial charge in [-0.15, -0.1) is 0 Å². The van der Waals surface area contributed by atoms with Crippen LogP contribution in [-0.4, -0.2) is 10.9 Å². The Balaban J connectivity index is 1.52. The van der Waals surface area contributed by atoms with Gasteiger partial charge in [-0.25, -0.2) is 4.98 Å². The molecule has 0 aliphatic heterocycles. The fraction of sp³-hybridized carbons (Fsp3) is 0.0476. The second-order valence-electron chi connectivity index (χ2n) is 5.83. The highest BCUT2D eigenvalue weighted by atomic mass is 35.5. The Hall–Kier alpha value is -2.76. The summed E-state index contributed by atoms with van der Waals surface area (Å²) in [6, 6.07) is 22.3. The summed E-state index contributed by atoms with van der Waals surface area (Å²) in [5.41, 5.74) is 3.66. The minimum absolute atomic E-state index is 0.197. The van der Waals surface area contributed by atoms with Gasteiger partial charge >= 0.3 is 0 Å². The van der Waals surface area contributed by atoms with Crippen molar-refractivity contribution in [2.75, 3.05) is 5.32 Å². The van der Waals surface area contributed by atoms with Gasteiger partial charge in [-0.05, 0) is 35.9 Å². The van der Waals surface area contributed by atoms with Crippen molar-refractivity contribution in [3.63, 3.8) is 0 Å². The van der Waals surface area contributed by atoms with Gasteiger partial charge in [0.2, 0.25) is 0 Å². The Morgan fingerprint density at radius 1 is 1.00 bits per heavy atom. The predicted molar refractivity (Wildman–Crippen MR) is 109 cm³/mol. The number of nitrogens with zero attached hydrogens (tertiary/aromatic N) is 1. The maximum Gasteiger partial charge on any atom is 0.257 e. The summed E-state index contributed by atoms with van der Waals surface area (Å²) in [7, 11) is 0. The number of carbonyl (C=O) groups excluding carboxylic acids is 1. The summed E-state index contributed by atoms with van der Waals surface area (Å²) in [6.45, 7) is 0. The van der Waals surface area contributed by atoms with E-state index in [1.807, 2.05) is 54.6 Å². The van der Waals surface area contributed by atoms with Crippen molar-refractivity contribution in [1.29, 1.82) is 0 Å². The minimum Gasteiger partial charge on any atom is -0.431 e. The van der Waals surface area contributed by atoms with Crippen molar-refractivity contribution in [2.24, 2.45) is 0 Å². The molecule has 0 aliphatic rings. The number of rotatable bonds is 5. The zero-order chi connectivity index (χ0) is 18.6. The molecule has 0 fully saturated rings. The summed E-state index contributed by atoms with van der Waals surface area (Å²) in [4.78, 5) is 17.2. The molecule has 0 spiro atoms. The van der Waals surface area contributed by atoms with E-state index in [0.717, 1.165) is 16.7 Å². The molecule has 4 rings (SSSR count). The van der Waals surface area contributed by atoms with E-state index in [4.69, 9.17) is 16.0 Å². The van der Waals surface area contributed by atoms with Crippen LogP contribution in [0.2, 0.25) is 5.02 Å². The number of aromatic nitrogens is 1. The van der Waals surface area contributed by atoms with Crippen molar-refractivity contribution in [3.8, 4) is 0 Å². The van der Waals surface area contributed by atoms with Gasteiger partial charge in [-0.1, -0.05) is 65.8 Å². The fourth-order valence-corrected chi connectivity index (χ4v) is 3.70. The van der Waals surface area contributed by atoms with E-state index in [2.05, 4.69) is 10.3 Å². The third-order valence-electron chi connectivity index (χ3n) is 4.01.